The van der Waals surface area contributed by atoms with E-state index in [0.717, 1.165) is 76.3 Å². The maximum absolute atomic E-state index is 6.03. The highest BCUT2D eigenvalue weighted by Crippen LogP contribution is 2.47. The van der Waals surface area contributed by atoms with Crippen LogP contribution in [0.15, 0.2) is 72.8 Å². The predicted octanol–water partition coefficient (Wildman–Crippen LogP) is 10.1. The van der Waals surface area contributed by atoms with Crippen molar-refractivity contribution in [1.82, 2.24) is 0 Å². The van der Waals surface area contributed by atoms with Gasteiger partial charge in [0.2, 0.25) is 0 Å². The molecule has 6 nitrogen and oxygen atoms in total. The standard InChI is InChI=1S/C40H34O6S2/c1-41-31-15-7-29(8-16-31)13-21-35-39-37(43-23-25-45-39)33(47-35)19-11-27-3-5-28(6-4-27)12-20-34-38-40(46-26-24-44-38)36(48-34)22-14-30-9-17-32(42-2)18-10-30/h3-22H,23-26H2,1-2H3/b19-11+,20-12+,21-13+,22-14+. The summed E-state index contributed by atoms with van der Waals surface area (Å²) >= 11 is 3.31. The quantitative estimate of drug-likeness (QED) is 0.147. The summed E-state index contributed by atoms with van der Waals surface area (Å²) in [7, 11) is 3.34. The molecule has 242 valence electrons. The number of hydrogen-bond acceptors (Lipinski definition) is 8. The second-order valence-corrected chi connectivity index (χ2v) is 13.1. The lowest BCUT2D eigenvalue weighted by Gasteiger charge is -2.16. The van der Waals surface area contributed by atoms with Crippen molar-refractivity contribution >= 4 is 71.3 Å². The second kappa shape index (κ2) is 14.7. The van der Waals surface area contributed by atoms with Crippen LogP contribution in [0.25, 0.3) is 48.6 Å². The van der Waals surface area contributed by atoms with E-state index >= 15 is 0 Å². The van der Waals surface area contributed by atoms with E-state index in [1.165, 1.54) is 0 Å². The van der Waals surface area contributed by atoms with Crippen LogP contribution in [0.5, 0.6) is 34.5 Å². The molecule has 0 amide bonds. The summed E-state index contributed by atoms with van der Waals surface area (Å²) in [5.41, 5.74) is 4.36. The molecule has 4 heterocycles. The molecule has 0 aliphatic carbocycles. The largest absolute Gasteiger partial charge is 0.497 e. The Morgan fingerprint density at radius 1 is 0.396 bits per heavy atom. The van der Waals surface area contributed by atoms with Gasteiger partial charge in [-0.15, -0.1) is 22.7 Å². The molecule has 0 spiro atoms. The molecular weight excluding hydrogens is 641 g/mol. The topological polar surface area (TPSA) is 55.4 Å². The van der Waals surface area contributed by atoms with Crippen LogP contribution < -0.4 is 28.4 Å². The lowest BCUT2D eigenvalue weighted by Crippen LogP contribution is -2.14. The number of methoxy groups -OCH3 is 2. The lowest BCUT2D eigenvalue weighted by molar-refractivity contribution is 0.173. The molecule has 48 heavy (non-hydrogen) atoms. The molecule has 0 fully saturated rings. The van der Waals surface area contributed by atoms with Crippen molar-refractivity contribution in [1.29, 1.82) is 0 Å². The average Bonchev–Trinajstić information content (AvgIpc) is 3.69. The van der Waals surface area contributed by atoms with Gasteiger partial charge in [-0.05, 0) is 70.8 Å². The average molecular weight is 675 g/mol. The second-order valence-electron chi connectivity index (χ2n) is 10.9. The molecule has 7 rings (SSSR count). The van der Waals surface area contributed by atoms with Crippen molar-refractivity contribution in [2.45, 2.75) is 0 Å². The van der Waals surface area contributed by atoms with Gasteiger partial charge < -0.3 is 28.4 Å². The number of fused-ring (bicyclic) bond motifs is 2. The van der Waals surface area contributed by atoms with Gasteiger partial charge in [-0.3, -0.25) is 0 Å². The first-order valence-electron chi connectivity index (χ1n) is 15.6. The molecule has 2 aliphatic rings. The van der Waals surface area contributed by atoms with E-state index in [0.29, 0.717) is 26.4 Å². The number of ether oxygens (including phenoxy) is 6. The van der Waals surface area contributed by atoms with Gasteiger partial charge in [-0.1, -0.05) is 72.8 Å². The number of benzene rings is 3. The highest BCUT2D eigenvalue weighted by atomic mass is 32.1. The summed E-state index contributed by atoms with van der Waals surface area (Å²) in [4.78, 5) is 4.13. The van der Waals surface area contributed by atoms with E-state index in [9.17, 15) is 0 Å². The van der Waals surface area contributed by atoms with Crippen LogP contribution in [0, 0.1) is 0 Å². The molecule has 2 aliphatic heterocycles. The first-order valence-corrected chi connectivity index (χ1v) is 17.3. The third-order valence-electron chi connectivity index (χ3n) is 7.78. The van der Waals surface area contributed by atoms with E-state index in [-0.39, 0.29) is 0 Å². The zero-order chi connectivity index (χ0) is 32.7. The van der Waals surface area contributed by atoms with Crippen molar-refractivity contribution < 1.29 is 28.4 Å². The Hall–Kier alpha value is -5.18. The molecule has 3 aromatic carbocycles. The maximum atomic E-state index is 6.03. The Morgan fingerprint density at radius 2 is 0.646 bits per heavy atom. The Balaban J connectivity index is 1.05. The molecule has 0 bridgehead atoms. The third kappa shape index (κ3) is 7.20. The van der Waals surface area contributed by atoms with E-state index in [2.05, 4.69) is 72.9 Å². The van der Waals surface area contributed by atoms with Crippen LogP contribution in [0.2, 0.25) is 0 Å². The van der Waals surface area contributed by atoms with Crippen molar-refractivity contribution in [3.63, 3.8) is 0 Å². The van der Waals surface area contributed by atoms with Crippen LogP contribution in [0.1, 0.15) is 41.8 Å². The van der Waals surface area contributed by atoms with Crippen LogP contribution in [-0.2, 0) is 0 Å². The molecule has 0 atom stereocenters. The number of hydrogen-bond donors (Lipinski definition) is 0. The Bertz CT molecular complexity index is 1830. The molecule has 5 aromatic rings. The van der Waals surface area contributed by atoms with E-state index < -0.39 is 0 Å². The van der Waals surface area contributed by atoms with E-state index in [4.69, 9.17) is 28.4 Å². The molecule has 0 unspecified atom stereocenters. The smallest absolute Gasteiger partial charge is 0.180 e. The highest BCUT2D eigenvalue weighted by molar-refractivity contribution is 7.15. The molecular formula is C40H34O6S2. The number of thiophene rings is 2. The fourth-order valence-electron chi connectivity index (χ4n) is 5.27. The first-order chi connectivity index (χ1) is 23.7. The normalized spacial score (nSPS) is 14.0. The molecule has 0 saturated carbocycles. The molecule has 0 saturated heterocycles. The molecule has 8 heteroatoms. The zero-order valence-electron chi connectivity index (χ0n) is 26.6. The number of rotatable bonds is 10. The van der Waals surface area contributed by atoms with Gasteiger partial charge in [0.1, 0.15) is 37.9 Å². The summed E-state index contributed by atoms with van der Waals surface area (Å²) in [6, 6.07) is 24.4. The maximum Gasteiger partial charge on any atom is 0.180 e. The fourth-order valence-corrected chi connectivity index (χ4v) is 7.26. The van der Waals surface area contributed by atoms with Crippen molar-refractivity contribution in [2.75, 3.05) is 40.6 Å². The summed E-state index contributed by atoms with van der Waals surface area (Å²) in [5.74, 6) is 4.90. The minimum atomic E-state index is 0.540. The molecule has 0 radical (unpaired) electrons. The molecule has 2 aromatic heterocycles. The van der Waals surface area contributed by atoms with Gasteiger partial charge in [-0.2, -0.15) is 0 Å². The lowest BCUT2D eigenvalue weighted by atomic mass is 10.1. The van der Waals surface area contributed by atoms with Crippen molar-refractivity contribution in [3.05, 3.63) is 115 Å². The van der Waals surface area contributed by atoms with Gasteiger partial charge in [0.15, 0.2) is 23.0 Å². The summed E-state index contributed by atoms with van der Waals surface area (Å²) < 4.78 is 34.6. The molecule has 0 N–H and O–H groups in total. The van der Waals surface area contributed by atoms with Crippen LogP contribution >= 0.6 is 22.7 Å². The summed E-state index contributed by atoms with van der Waals surface area (Å²) in [5, 5.41) is 0. The van der Waals surface area contributed by atoms with E-state index in [1.54, 1.807) is 36.9 Å². The van der Waals surface area contributed by atoms with Crippen molar-refractivity contribution in [3.8, 4) is 34.5 Å². The van der Waals surface area contributed by atoms with E-state index in [1.807, 2.05) is 48.5 Å². The first kappa shape index (κ1) is 31.4. The summed E-state index contributed by atoms with van der Waals surface area (Å²) in [6.45, 7) is 2.16. The predicted molar refractivity (Wildman–Crippen MR) is 199 cm³/mol. The Kier molecular flexibility index (Phi) is 9.63. The zero-order valence-corrected chi connectivity index (χ0v) is 28.3. The monoisotopic (exact) mass is 674 g/mol. The third-order valence-corrected chi connectivity index (χ3v) is 9.94. The van der Waals surface area contributed by atoms with Crippen LogP contribution in [0.4, 0.5) is 0 Å². The van der Waals surface area contributed by atoms with Gasteiger partial charge in [0.25, 0.3) is 0 Å². The minimum absolute atomic E-state index is 0.540. The van der Waals surface area contributed by atoms with Gasteiger partial charge in [0, 0.05) is 0 Å². The van der Waals surface area contributed by atoms with Gasteiger partial charge in [0.05, 0.1) is 33.7 Å². The van der Waals surface area contributed by atoms with Gasteiger partial charge in [-0.25, -0.2) is 0 Å². The Labute approximate surface area is 288 Å². The SMILES string of the molecule is COc1ccc(/C=C/c2sc(/C=C/c3ccc(/C=C/c4sc(/C=C/c5ccc(OC)cc5)c5c4OCCO5)cc3)c3c2OCCO3)cc1. The van der Waals surface area contributed by atoms with Crippen LogP contribution in [-0.4, -0.2) is 40.6 Å². The Morgan fingerprint density at radius 3 is 0.896 bits per heavy atom. The van der Waals surface area contributed by atoms with Gasteiger partial charge >= 0.3 is 0 Å². The van der Waals surface area contributed by atoms with Crippen LogP contribution in [0.3, 0.4) is 0 Å². The fraction of sp³-hybridized carbons (Fsp3) is 0.150. The highest BCUT2D eigenvalue weighted by Gasteiger charge is 2.23. The summed E-state index contributed by atoms with van der Waals surface area (Å²) in [6.07, 6.45) is 16.7. The van der Waals surface area contributed by atoms with Crippen molar-refractivity contribution in [2.24, 2.45) is 0 Å². The minimum Gasteiger partial charge on any atom is -0.497 e.